The number of aliphatic hydroxyl groups is 1. The lowest BCUT2D eigenvalue weighted by atomic mass is 10.2. The monoisotopic (exact) mass is 281 g/mol. The summed E-state index contributed by atoms with van der Waals surface area (Å²) in [6.45, 7) is 3.09. The zero-order valence-electron chi connectivity index (χ0n) is 11.5. The number of benzene rings is 1. The first-order valence-corrected chi connectivity index (χ1v) is 8.14. The Morgan fingerprint density at radius 1 is 1.42 bits per heavy atom. The highest BCUT2D eigenvalue weighted by Gasteiger charge is 2.16. The summed E-state index contributed by atoms with van der Waals surface area (Å²) < 4.78 is 5.59. The van der Waals surface area contributed by atoms with Crippen molar-refractivity contribution in [2.45, 2.75) is 31.9 Å². The summed E-state index contributed by atoms with van der Waals surface area (Å²) in [6, 6.07) is 8.62. The summed E-state index contributed by atoms with van der Waals surface area (Å²) in [6.07, 6.45) is 1.79. The molecule has 1 aliphatic heterocycles. The summed E-state index contributed by atoms with van der Waals surface area (Å²) in [5.74, 6) is 3.22. The molecular weight excluding hydrogens is 258 g/mol. The molecule has 1 aromatic carbocycles. The predicted molar refractivity (Wildman–Crippen MR) is 81.1 cm³/mol. The van der Waals surface area contributed by atoms with Gasteiger partial charge in [-0.2, -0.15) is 11.8 Å². The number of rotatable bonds is 7. The van der Waals surface area contributed by atoms with Gasteiger partial charge in [0.25, 0.3) is 0 Å². The fourth-order valence-electron chi connectivity index (χ4n) is 2.07. The molecule has 0 aromatic heterocycles. The molecule has 1 heterocycles. The average molecular weight is 281 g/mol. The van der Waals surface area contributed by atoms with Crippen molar-refractivity contribution in [2.75, 3.05) is 24.7 Å². The molecule has 4 heteroatoms. The van der Waals surface area contributed by atoms with Crippen LogP contribution in [0.25, 0.3) is 0 Å². The van der Waals surface area contributed by atoms with Gasteiger partial charge in [-0.15, -0.1) is 0 Å². The van der Waals surface area contributed by atoms with E-state index in [0.717, 1.165) is 17.9 Å². The summed E-state index contributed by atoms with van der Waals surface area (Å²) in [5.41, 5.74) is 1.30. The minimum atomic E-state index is -0.448. The highest BCUT2D eigenvalue weighted by Crippen LogP contribution is 2.17. The number of hydrogen-bond donors (Lipinski definition) is 2. The molecule has 1 aliphatic rings. The van der Waals surface area contributed by atoms with Crippen LogP contribution < -0.4 is 10.1 Å². The Morgan fingerprint density at radius 3 is 2.84 bits per heavy atom. The largest absolute Gasteiger partial charge is 0.491 e. The molecule has 2 rings (SSSR count). The lowest BCUT2D eigenvalue weighted by molar-refractivity contribution is 0.104. The Labute approximate surface area is 119 Å². The van der Waals surface area contributed by atoms with Gasteiger partial charge in [0.1, 0.15) is 18.5 Å². The van der Waals surface area contributed by atoms with Crippen molar-refractivity contribution < 1.29 is 9.84 Å². The van der Waals surface area contributed by atoms with Crippen LogP contribution in [0.1, 0.15) is 18.9 Å². The molecule has 1 fully saturated rings. The molecule has 2 atom stereocenters. The molecule has 0 aliphatic carbocycles. The maximum Gasteiger partial charge on any atom is 0.119 e. The molecule has 1 saturated heterocycles. The number of ether oxygens (including phenoxy) is 1. The SMILES string of the molecule is CCc1ccc(OCC(O)CNC2CCSC2)cc1. The van der Waals surface area contributed by atoms with Crippen LogP contribution in [0.2, 0.25) is 0 Å². The van der Waals surface area contributed by atoms with Gasteiger partial charge < -0.3 is 15.2 Å². The number of aliphatic hydroxyl groups excluding tert-OH is 1. The third-order valence-electron chi connectivity index (χ3n) is 3.35. The van der Waals surface area contributed by atoms with E-state index < -0.39 is 6.10 Å². The molecule has 106 valence electrons. The second-order valence-electron chi connectivity index (χ2n) is 4.93. The van der Waals surface area contributed by atoms with Gasteiger partial charge >= 0.3 is 0 Å². The number of thioether (sulfide) groups is 1. The van der Waals surface area contributed by atoms with E-state index in [1.807, 2.05) is 23.9 Å². The highest BCUT2D eigenvalue weighted by molar-refractivity contribution is 7.99. The Bertz CT molecular complexity index is 363. The minimum absolute atomic E-state index is 0.346. The average Bonchev–Trinajstić information content (AvgIpc) is 2.96. The standard InChI is InChI=1S/C15H23NO2S/c1-2-12-3-5-15(6-4-12)18-10-14(17)9-16-13-7-8-19-11-13/h3-6,13-14,16-17H,2,7-11H2,1H3. The quantitative estimate of drug-likeness (QED) is 0.803. The lowest BCUT2D eigenvalue weighted by Gasteiger charge is -2.16. The normalized spacial score (nSPS) is 20.4. The third kappa shape index (κ3) is 5.05. The first kappa shape index (κ1) is 14.7. The van der Waals surface area contributed by atoms with Crippen LogP contribution in [0.4, 0.5) is 0 Å². The fraction of sp³-hybridized carbons (Fsp3) is 0.600. The highest BCUT2D eigenvalue weighted by atomic mass is 32.2. The maximum atomic E-state index is 9.88. The minimum Gasteiger partial charge on any atom is -0.491 e. The van der Waals surface area contributed by atoms with Crippen molar-refractivity contribution in [3.8, 4) is 5.75 Å². The summed E-state index contributed by atoms with van der Waals surface area (Å²) in [5, 5.41) is 13.3. The van der Waals surface area contributed by atoms with Gasteiger partial charge in [0.15, 0.2) is 0 Å². The molecule has 0 spiro atoms. The molecule has 0 amide bonds. The van der Waals surface area contributed by atoms with Gasteiger partial charge in [-0.1, -0.05) is 19.1 Å². The molecule has 0 radical (unpaired) electrons. The van der Waals surface area contributed by atoms with E-state index >= 15 is 0 Å². The second kappa shape index (κ2) is 7.78. The van der Waals surface area contributed by atoms with Crippen molar-refractivity contribution in [2.24, 2.45) is 0 Å². The molecular formula is C15H23NO2S. The van der Waals surface area contributed by atoms with E-state index in [0.29, 0.717) is 19.2 Å². The van der Waals surface area contributed by atoms with Crippen LogP contribution in [0.3, 0.4) is 0 Å². The van der Waals surface area contributed by atoms with E-state index in [1.165, 1.54) is 17.7 Å². The molecule has 2 N–H and O–H groups in total. The van der Waals surface area contributed by atoms with E-state index in [2.05, 4.69) is 24.4 Å². The fourth-order valence-corrected chi connectivity index (χ4v) is 3.26. The zero-order valence-corrected chi connectivity index (χ0v) is 12.3. The summed E-state index contributed by atoms with van der Waals surface area (Å²) in [4.78, 5) is 0. The zero-order chi connectivity index (χ0) is 13.5. The van der Waals surface area contributed by atoms with Crippen LogP contribution in [-0.2, 0) is 6.42 Å². The van der Waals surface area contributed by atoms with Crippen molar-refractivity contribution >= 4 is 11.8 Å². The van der Waals surface area contributed by atoms with E-state index in [-0.39, 0.29) is 0 Å². The van der Waals surface area contributed by atoms with Crippen molar-refractivity contribution in [1.82, 2.24) is 5.32 Å². The molecule has 0 saturated carbocycles. The van der Waals surface area contributed by atoms with Crippen molar-refractivity contribution in [3.05, 3.63) is 29.8 Å². The maximum absolute atomic E-state index is 9.88. The Balaban J connectivity index is 1.65. The molecule has 3 nitrogen and oxygen atoms in total. The van der Waals surface area contributed by atoms with E-state index in [4.69, 9.17) is 4.74 Å². The number of nitrogens with one attached hydrogen (secondary N) is 1. The van der Waals surface area contributed by atoms with E-state index in [9.17, 15) is 5.11 Å². The first-order valence-electron chi connectivity index (χ1n) is 6.99. The lowest BCUT2D eigenvalue weighted by Crippen LogP contribution is -2.37. The van der Waals surface area contributed by atoms with Gasteiger partial charge in [-0.05, 0) is 36.3 Å². The van der Waals surface area contributed by atoms with Crippen molar-refractivity contribution in [3.63, 3.8) is 0 Å². The van der Waals surface area contributed by atoms with Gasteiger partial charge in [-0.25, -0.2) is 0 Å². The smallest absolute Gasteiger partial charge is 0.119 e. The number of hydrogen-bond acceptors (Lipinski definition) is 4. The van der Waals surface area contributed by atoms with Crippen LogP contribution in [0.15, 0.2) is 24.3 Å². The second-order valence-corrected chi connectivity index (χ2v) is 6.08. The van der Waals surface area contributed by atoms with Gasteiger partial charge in [0, 0.05) is 18.3 Å². The Hall–Kier alpha value is -0.710. The van der Waals surface area contributed by atoms with Gasteiger partial charge in [-0.3, -0.25) is 0 Å². The molecule has 1 aromatic rings. The van der Waals surface area contributed by atoms with Crippen LogP contribution in [0, 0.1) is 0 Å². The summed E-state index contributed by atoms with van der Waals surface area (Å²) >= 11 is 1.97. The third-order valence-corrected chi connectivity index (χ3v) is 4.51. The van der Waals surface area contributed by atoms with Crippen LogP contribution in [0.5, 0.6) is 5.75 Å². The predicted octanol–water partition coefficient (Wildman–Crippen LogP) is 2.08. The molecule has 0 bridgehead atoms. The van der Waals surface area contributed by atoms with Crippen LogP contribution >= 0.6 is 11.8 Å². The first-order chi connectivity index (χ1) is 9.28. The van der Waals surface area contributed by atoms with Crippen molar-refractivity contribution in [1.29, 1.82) is 0 Å². The van der Waals surface area contributed by atoms with Crippen LogP contribution in [-0.4, -0.2) is 41.9 Å². The van der Waals surface area contributed by atoms with Gasteiger partial charge in [0.2, 0.25) is 0 Å². The Morgan fingerprint density at radius 2 is 2.21 bits per heavy atom. The Kier molecular flexibility index (Phi) is 6.01. The molecule has 19 heavy (non-hydrogen) atoms. The number of aryl methyl sites for hydroxylation is 1. The summed E-state index contributed by atoms with van der Waals surface area (Å²) in [7, 11) is 0. The topological polar surface area (TPSA) is 41.5 Å². The van der Waals surface area contributed by atoms with Gasteiger partial charge in [0.05, 0.1) is 0 Å². The van der Waals surface area contributed by atoms with E-state index in [1.54, 1.807) is 0 Å². The molecule has 2 unspecified atom stereocenters.